The summed E-state index contributed by atoms with van der Waals surface area (Å²) in [7, 11) is 0. The minimum atomic E-state index is -1.92. The number of hydrogen-bond donors (Lipinski definition) is 3. The molecule has 0 fully saturated rings. The summed E-state index contributed by atoms with van der Waals surface area (Å²) < 4.78 is 16.9. The van der Waals surface area contributed by atoms with Gasteiger partial charge in [0, 0.05) is 6.42 Å². The first kappa shape index (κ1) is 58.7. The van der Waals surface area contributed by atoms with E-state index in [0.717, 1.165) is 0 Å². The van der Waals surface area contributed by atoms with Gasteiger partial charge in [-0.1, -0.05) is 47.8 Å². The number of ether oxygens (including phenoxy) is 4. The van der Waals surface area contributed by atoms with Gasteiger partial charge in [-0.05, 0) is 199 Å². The predicted octanol–water partition coefficient (Wildman–Crippen LogP) is 8.17. The lowest BCUT2D eigenvalue weighted by Gasteiger charge is -2.36. The largest absolute Gasteiger partial charge is 0.464 e. The van der Waals surface area contributed by atoms with Gasteiger partial charge in [0.15, 0.2) is 7.93 Å². The molecule has 27 heteroatoms. The average Bonchev–Trinajstić information content (AvgIpc) is 3.00. The van der Waals surface area contributed by atoms with Gasteiger partial charge in [0.2, 0.25) is 6.43 Å². The number of ketones is 1. The van der Waals surface area contributed by atoms with E-state index < -0.39 is 110 Å². The van der Waals surface area contributed by atoms with Crippen LogP contribution in [0, 0.1) is 10.8 Å². The van der Waals surface area contributed by atoms with Crippen molar-refractivity contribution in [2.24, 2.45) is 10.8 Å². The van der Waals surface area contributed by atoms with Crippen LogP contribution in [0.5, 0.6) is 0 Å². The lowest BCUT2D eigenvalue weighted by Crippen LogP contribution is -2.56. The number of Topliss-reactive ketones (excluding diaryl/α,β-unsaturated/α-hetero) is 1. The SMILES string of the molecule is CC(C)(CC(=O)C(Br)(Br)Br)C(=O)OCC(COC(=O)C(C)(C)NC(=O)C(Br)(Br)Br)(COC(=O)C(C)(C)NC(=O)C(Br)(Br)Br)COC(=O)C(C)(C)NC(=O)C(Br)(Br)Br. The number of hydrogen-bond acceptors (Lipinski definition) is 12. The maximum atomic E-state index is 13.6. The Morgan fingerprint density at radius 1 is 0.386 bits per heavy atom. The quantitative estimate of drug-likeness (QED) is 0.0716. The molecular formula is C30H37Br12N3O12. The van der Waals surface area contributed by atoms with Gasteiger partial charge < -0.3 is 34.9 Å². The summed E-state index contributed by atoms with van der Waals surface area (Å²) >= 11 is 37.0. The summed E-state index contributed by atoms with van der Waals surface area (Å²) in [6.07, 6.45) is -0.349. The fourth-order valence-electron chi connectivity index (χ4n) is 3.65. The van der Waals surface area contributed by atoms with Crippen LogP contribution in [0.15, 0.2) is 0 Å². The molecule has 0 bridgehead atoms. The molecule has 0 aliphatic heterocycles. The molecule has 0 heterocycles. The Labute approximate surface area is 430 Å². The summed E-state index contributed by atoms with van der Waals surface area (Å²) in [5, 5.41) is 7.43. The second kappa shape index (κ2) is 22.1. The normalized spacial score (nSPS) is 13.5. The highest BCUT2D eigenvalue weighted by atomic mass is 80.0. The first-order chi connectivity index (χ1) is 25.0. The highest BCUT2D eigenvalue weighted by Crippen LogP contribution is 2.40. The number of carbonyl (C=O) groups excluding carboxylic acids is 8. The third kappa shape index (κ3) is 20.4. The molecule has 3 N–H and O–H groups in total. The van der Waals surface area contributed by atoms with Crippen molar-refractivity contribution in [2.75, 3.05) is 26.4 Å². The molecule has 0 rings (SSSR count). The van der Waals surface area contributed by atoms with E-state index in [1.54, 1.807) is 0 Å². The van der Waals surface area contributed by atoms with Crippen molar-refractivity contribution in [3.8, 4) is 0 Å². The Kier molecular flexibility index (Phi) is 22.7. The second-order valence-electron chi connectivity index (χ2n) is 14.5. The van der Waals surface area contributed by atoms with Crippen LogP contribution in [0.25, 0.3) is 0 Å². The van der Waals surface area contributed by atoms with E-state index in [2.05, 4.69) is 207 Å². The topological polar surface area (TPSA) is 210 Å². The van der Waals surface area contributed by atoms with Crippen molar-refractivity contribution in [2.45, 2.75) is 87.0 Å². The van der Waals surface area contributed by atoms with Crippen molar-refractivity contribution >= 4 is 239 Å². The number of nitrogens with one attached hydrogen (secondary N) is 3. The Hall–Kier alpha value is 1.72. The Morgan fingerprint density at radius 2 is 0.614 bits per heavy atom. The minimum absolute atomic E-state index is 0.349. The third-order valence-electron chi connectivity index (χ3n) is 7.09. The maximum absolute atomic E-state index is 13.6. The zero-order valence-electron chi connectivity index (χ0n) is 31.0. The Balaban J connectivity index is 7.15. The lowest BCUT2D eigenvalue weighted by atomic mass is 9.87. The van der Waals surface area contributed by atoms with E-state index in [0.29, 0.717) is 0 Å². The molecule has 57 heavy (non-hydrogen) atoms. The van der Waals surface area contributed by atoms with Crippen LogP contribution in [-0.2, 0) is 57.3 Å². The van der Waals surface area contributed by atoms with Crippen molar-refractivity contribution in [1.82, 2.24) is 16.0 Å². The van der Waals surface area contributed by atoms with E-state index >= 15 is 0 Å². The van der Waals surface area contributed by atoms with Gasteiger partial charge in [-0.15, -0.1) is 0 Å². The van der Waals surface area contributed by atoms with Crippen LogP contribution in [-0.4, -0.2) is 99.0 Å². The standard InChI is InChI=1S/C30H37Br12N3O12/c1-22(2,9-14(46)27(31,32)33)18(50)54-10-26(11-55-19(51)23(3,4)43-15(47)28(34,35)36,12-56-20(52)24(5,6)44-16(48)29(37,38)39)13-57-21(53)25(7,8)45-17(49)30(40,41)42/h9-13H2,1-8H3,(H,43,47)(H,44,48)(H,45,49). The summed E-state index contributed by atoms with van der Waals surface area (Å²) in [5.41, 5.74) is -8.50. The molecule has 0 aliphatic carbocycles. The lowest BCUT2D eigenvalue weighted by molar-refractivity contribution is -0.180. The van der Waals surface area contributed by atoms with Gasteiger partial charge in [0.25, 0.3) is 17.7 Å². The zero-order chi connectivity index (χ0) is 45.6. The van der Waals surface area contributed by atoms with Crippen LogP contribution < -0.4 is 16.0 Å². The molecular weight excluding hydrogens is 1550 g/mol. The van der Waals surface area contributed by atoms with E-state index in [4.69, 9.17) is 18.9 Å². The molecule has 0 saturated heterocycles. The maximum Gasteiger partial charge on any atom is 0.331 e. The number of alkyl halides is 12. The van der Waals surface area contributed by atoms with E-state index in [-0.39, 0.29) is 6.42 Å². The fraction of sp³-hybridized carbons (Fsp3) is 0.733. The monoisotopic (exact) mass is 1580 g/mol. The van der Waals surface area contributed by atoms with Crippen LogP contribution >= 0.6 is 191 Å². The van der Waals surface area contributed by atoms with Gasteiger partial charge in [0.05, 0.1) is 5.41 Å². The third-order valence-corrected chi connectivity index (χ3v) is 11.7. The number of amides is 3. The smallest absolute Gasteiger partial charge is 0.331 e. The molecule has 0 aromatic carbocycles. The highest BCUT2D eigenvalue weighted by Gasteiger charge is 2.47. The first-order valence-electron chi connectivity index (χ1n) is 15.5. The average molecular weight is 1590 g/mol. The summed E-state index contributed by atoms with van der Waals surface area (Å²) in [5.74, 6) is -6.66. The van der Waals surface area contributed by atoms with Gasteiger partial charge >= 0.3 is 23.9 Å². The first-order valence-corrected chi connectivity index (χ1v) is 25.0. The number of esters is 4. The van der Waals surface area contributed by atoms with Crippen molar-refractivity contribution in [3.05, 3.63) is 0 Å². The number of rotatable bonds is 17. The summed E-state index contributed by atoms with van der Waals surface area (Å²) in [6.45, 7) is 7.73. The molecule has 0 atom stereocenters. The second-order valence-corrected chi connectivity index (χ2v) is 41.6. The molecule has 328 valence electrons. The van der Waals surface area contributed by atoms with Gasteiger partial charge in [-0.2, -0.15) is 0 Å². The van der Waals surface area contributed by atoms with Crippen LogP contribution in [0.1, 0.15) is 61.8 Å². The number of carbonyl (C=O) groups is 8. The molecule has 0 radical (unpaired) electrons. The van der Waals surface area contributed by atoms with Crippen LogP contribution in [0.4, 0.5) is 0 Å². The molecule has 15 nitrogen and oxygen atoms in total. The number of halogens is 12. The molecule has 3 amide bonds. The van der Waals surface area contributed by atoms with E-state index in [1.165, 1.54) is 55.4 Å². The zero-order valence-corrected chi connectivity index (χ0v) is 50.0. The molecule has 0 spiro atoms. The Bertz CT molecular complexity index is 1330. The molecule has 0 aromatic rings. The van der Waals surface area contributed by atoms with Crippen molar-refractivity contribution < 1.29 is 57.3 Å². The van der Waals surface area contributed by atoms with E-state index in [1.807, 2.05) is 0 Å². The van der Waals surface area contributed by atoms with Gasteiger partial charge in [-0.25, -0.2) is 14.4 Å². The van der Waals surface area contributed by atoms with Crippen molar-refractivity contribution in [1.29, 1.82) is 0 Å². The molecule has 0 unspecified atom stereocenters. The summed E-state index contributed by atoms with van der Waals surface area (Å²) in [4.78, 5) is 105. The van der Waals surface area contributed by atoms with Gasteiger partial charge in [-0.3, -0.25) is 24.0 Å². The van der Waals surface area contributed by atoms with Crippen LogP contribution in [0.3, 0.4) is 0 Å². The Morgan fingerprint density at radius 3 is 0.825 bits per heavy atom. The van der Waals surface area contributed by atoms with Gasteiger partial charge in [0.1, 0.15) is 48.5 Å². The fourth-order valence-corrected chi connectivity index (χ4v) is 4.96. The van der Waals surface area contributed by atoms with Crippen molar-refractivity contribution in [3.63, 3.8) is 0 Å². The predicted molar refractivity (Wildman–Crippen MR) is 254 cm³/mol. The summed E-state index contributed by atoms with van der Waals surface area (Å²) in [6, 6.07) is 0. The van der Waals surface area contributed by atoms with Crippen LogP contribution in [0.2, 0.25) is 0 Å². The molecule has 0 aromatic heterocycles. The molecule has 0 saturated carbocycles. The minimum Gasteiger partial charge on any atom is -0.464 e. The van der Waals surface area contributed by atoms with E-state index in [9.17, 15) is 38.4 Å². The molecule has 0 aliphatic rings. The highest BCUT2D eigenvalue weighted by molar-refractivity contribution is 9.41.